The van der Waals surface area contributed by atoms with E-state index < -0.39 is 5.97 Å². The summed E-state index contributed by atoms with van der Waals surface area (Å²) in [6.07, 6.45) is 2.13. The van der Waals surface area contributed by atoms with Crippen molar-refractivity contribution in [3.05, 3.63) is 59.3 Å². The number of rotatable bonds is 8. The lowest BCUT2D eigenvalue weighted by Gasteiger charge is -2.22. The lowest BCUT2D eigenvalue weighted by Crippen LogP contribution is -2.25. The van der Waals surface area contributed by atoms with Crippen LogP contribution in [0, 0.1) is 0 Å². The van der Waals surface area contributed by atoms with Gasteiger partial charge in [-0.1, -0.05) is 18.2 Å². The first kappa shape index (κ1) is 20.8. The van der Waals surface area contributed by atoms with Crippen molar-refractivity contribution in [1.82, 2.24) is 9.47 Å². The number of phenolic OH excluding ortho intramolecular Hbond substituents is 1. The van der Waals surface area contributed by atoms with Gasteiger partial charge in [0.25, 0.3) is 0 Å². The first-order chi connectivity index (χ1) is 14.4. The molecule has 2 N–H and O–H groups in total. The molecule has 1 fully saturated rings. The van der Waals surface area contributed by atoms with Crippen LogP contribution < -0.4 is 0 Å². The molecule has 1 aromatic heterocycles. The Balaban J connectivity index is 1.88. The quantitative estimate of drug-likeness (QED) is 0.467. The number of carboxylic acid groups (broad SMARTS) is 1. The maximum Gasteiger partial charge on any atom is 0.338 e. The second-order valence-electron chi connectivity index (χ2n) is 8.30. The molecule has 4 rings (SSSR count). The van der Waals surface area contributed by atoms with Crippen LogP contribution in [0.3, 0.4) is 0 Å². The Labute approximate surface area is 181 Å². The molecule has 0 amide bonds. The van der Waals surface area contributed by atoms with Gasteiger partial charge in [-0.25, -0.2) is 4.79 Å². The van der Waals surface area contributed by atoms with Crippen LogP contribution in [0.5, 0.6) is 5.75 Å². The molecular weight excluding hydrogens is 396 g/mol. The highest BCUT2D eigenvalue weighted by molar-refractivity contribution is 7.98. The van der Waals surface area contributed by atoms with Gasteiger partial charge in [-0.15, -0.1) is 11.8 Å². The Morgan fingerprint density at radius 3 is 2.50 bits per heavy atom. The fourth-order valence-electron chi connectivity index (χ4n) is 3.90. The van der Waals surface area contributed by atoms with E-state index in [1.165, 1.54) is 0 Å². The highest BCUT2D eigenvalue weighted by atomic mass is 32.2. The van der Waals surface area contributed by atoms with Gasteiger partial charge in [0, 0.05) is 51.4 Å². The van der Waals surface area contributed by atoms with Gasteiger partial charge in [-0.3, -0.25) is 4.90 Å². The van der Waals surface area contributed by atoms with Gasteiger partial charge in [-0.05, 0) is 58.0 Å². The smallest absolute Gasteiger partial charge is 0.338 e. The Bertz CT molecular complexity index is 1070. The van der Waals surface area contributed by atoms with E-state index in [2.05, 4.69) is 23.3 Å². The third-order valence-electron chi connectivity index (χ3n) is 5.89. The first-order valence-corrected chi connectivity index (χ1v) is 11.4. The average molecular weight is 425 g/mol. The molecule has 0 aliphatic heterocycles. The minimum absolute atomic E-state index is 0.160. The summed E-state index contributed by atoms with van der Waals surface area (Å²) in [6.45, 7) is 4.68. The minimum atomic E-state index is -0.929. The number of nitrogens with zero attached hydrogens (tertiary/aromatic N) is 2. The van der Waals surface area contributed by atoms with E-state index in [1.807, 2.05) is 43.4 Å². The van der Waals surface area contributed by atoms with E-state index >= 15 is 0 Å². The van der Waals surface area contributed by atoms with Crippen molar-refractivity contribution in [2.75, 3.05) is 7.05 Å². The van der Waals surface area contributed by atoms with Crippen LogP contribution >= 0.6 is 11.8 Å². The van der Waals surface area contributed by atoms with Crippen LogP contribution in [0.4, 0.5) is 0 Å². The summed E-state index contributed by atoms with van der Waals surface area (Å²) >= 11 is 1.65. The molecule has 0 radical (unpaired) electrons. The summed E-state index contributed by atoms with van der Waals surface area (Å²) in [7, 11) is 1.99. The molecular formula is C24H28N2O3S. The molecule has 6 heteroatoms. The van der Waals surface area contributed by atoms with Gasteiger partial charge in [0.1, 0.15) is 5.75 Å². The van der Waals surface area contributed by atoms with Crippen LogP contribution in [0.1, 0.15) is 54.3 Å². The molecule has 1 aliphatic carbocycles. The van der Waals surface area contributed by atoms with E-state index in [1.54, 1.807) is 17.8 Å². The summed E-state index contributed by atoms with van der Waals surface area (Å²) in [4.78, 5) is 15.7. The normalized spacial score (nSPS) is 14.2. The molecule has 1 saturated carbocycles. The van der Waals surface area contributed by atoms with Crippen LogP contribution in [0.25, 0.3) is 10.9 Å². The van der Waals surface area contributed by atoms with Crippen LogP contribution in [0.2, 0.25) is 0 Å². The van der Waals surface area contributed by atoms with E-state index in [0.717, 1.165) is 28.9 Å². The predicted molar refractivity (Wildman–Crippen MR) is 121 cm³/mol. The number of hydrogen-bond acceptors (Lipinski definition) is 4. The van der Waals surface area contributed by atoms with Gasteiger partial charge in [0.2, 0.25) is 0 Å². The second kappa shape index (κ2) is 8.36. The summed E-state index contributed by atoms with van der Waals surface area (Å²) in [5.41, 5.74) is 2.80. The molecule has 3 aromatic rings. The largest absolute Gasteiger partial charge is 0.508 e. The van der Waals surface area contributed by atoms with Crippen molar-refractivity contribution in [1.29, 1.82) is 0 Å². The predicted octanol–water partition coefficient (Wildman–Crippen LogP) is 5.51. The number of aromatic nitrogens is 1. The number of benzene rings is 2. The summed E-state index contributed by atoms with van der Waals surface area (Å²) in [5, 5.41) is 21.6. The van der Waals surface area contributed by atoms with Crippen LogP contribution in [0.15, 0.2) is 47.4 Å². The van der Waals surface area contributed by atoms with Crippen molar-refractivity contribution in [3.63, 3.8) is 0 Å². The van der Waals surface area contributed by atoms with E-state index in [-0.39, 0.29) is 11.8 Å². The maximum absolute atomic E-state index is 12.5. The Hall–Kier alpha value is -2.44. The number of hydrogen-bond donors (Lipinski definition) is 2. The van der Waals surface area contributed by atoms with Crippen molar-refractivity contribution in [3.8, 4) is 5.75 Å². The van der Waals surface area contributed by atoms with E-state index in [0.29, 0.717) is 34.9 Å². The lowest BCUT2D eigenvalue weighted by atomic mass is 10.0. The molecule has 0 bridgehead atoms. The Morgan fingerprint density at radius 1 is 1.20 bits per heavy atom. The fraction of sp³-hybridized carbons (Fsp3) is 0.375. The van der Waals surface area contributed by atoms with Gasteiger partial charge in [0.15, 0.2) is 0 Å². The number of aromatic carboxylic acids is 1. The molecule has 5 nitrogen and oxygen atoms in total. The number of phenols is 1. The zero-order valence-electron chi connectivity index (χ0n) is 17.6. The topological polar surface area (TPSA) is 65.7 Å². The van der Waals surface area contributed by atoms with Gasteiger partial charge in [0.05, 0.1) is 5.56 Å². The molecule has 158 valence electrons. The van der Waals surface area contributed by atoms with Crippen molar-refractivity contribution >= 4 is 28.6 Å². The molecule has 0 atom stereocenters. The highest BCUT2D eigenvalue weighted by Crippen LogP contribution is 2.45. The highest BCUT2D eigenvalue weighted by Gasteiger charge is 2.33. The monoisotopic (exact) mass is 424 g/mol. The zero-order valence-corrected chi connectivity index (χ0v) is 18.4. The van der Waals surface area contributed by atoms with Crippen molar-refractivity contribution < 1.29 is 15.0 Å². The number of thioether (sulfide) groups is 1. The van der Waals surface area contributed by atoms with Crippen molar-refractivity contribution in [2.45, 2.75) is 56.0 Å². The molecule has 0 spiro atoms. The van der Waals surface area contributed by atoms with Crippen LogP contribution in [-0.4, -0.2) is 38.7 Å². The third kappa shape index (κ3) is 3.94. The van der Waals surface area contributed by atoms with E-state index in [9.17, 15) is 15.0 Å². The van der Waals surface area contributed by atoms with Gasteiger partial charge in [-0.2, -0.15) is 0 Å². The molecule has 0 unspecified atom stereocenters. The standard InChI is InChI=1S/C24H28N2O3S/c1-15(2)25(3)13-18-21(27)12-11-19-22(18)23(24(28)29)20(26(19)16-9-10-16)14-30-17-7-5-4-6-8-17/h4-8,11-12,15-16,27H,9-10,13-14H2,1-3H3,(H,28,29). The first-order valence-electron chi connectivity index (χ1n) is 10.4. The van der Waals surface area contributed by atoms with Gasteiger partial charge >= 0.3 is 5.97 Å². The molecule has 1 heterocycles. The Morgan fingerprint density at radius 2 is 1.90 bits per heavy atom. The summed E-state index contributed by atoms with van der Waals surface area (Å²) in [6, 6.07) is 14.3. The molecule has 0 saturated heterocycles. The number of carbonyl (C=O) groups is 1. The average Bonchev–Trinajstić information content (AvgIpc) is 3.50. The number of carboxylic acids is 1. The third-order valence-corrected chi connectivity index (χ3v) is 6.91. The fourth-order valence-corrected chi connectivity index (χ4v) is 4.83. The zero-order chi connectivity index (χ0) is 21.4. The molecule has 30 heavy (non-hydrogen) atoms. The van der Waals surface area contributed by atoms with Gasteiger partial charge < -0.3 is 14.8 Å². The van der Waals surface area contributed by atoms with E-state index in [4.69, 9.17) is 0 Å². The Kier molecular flexibility index (Phi) is 5.80. The minimum Gasteiger partial charge on any atom is -0.508 e. The summed E-state index contributed by atoms with van der Waals surface area (Å²) in [5.74, 6) is -0.188. The number of fused-ring (bicyclic) bond motifs is 1. The maximum atomic E-state index is 12.5. The lowest BCUT2D eigenvalue weighted by molar-refractivity contribution is 0.0697. The summed E-state index contributed by atoms with van der Waals surface area (Å²) < 4.78 is 2.22. The SMILES string of the molecule is CC(C)N(C)Cc1c(O)ccc2c1c(C(=O)O)c(CSc1ccccc1)n2C1CC1. The second-order valence-corrected chi connectivity index (χ2v) is 9.34. The number of aromatic hydroxyl groups is 1. The molecule has 1 aliphatic rings. The van der Waals surface area contributed by atoms with Crippen molar-refractivity contribution in [2.24, 2.45) is 0 Å². The van der Waals surface area contributed by atoms with Crippen LogP contribution in [-0.2, 0) is 12.3 Å². The molecule has 2 aromatic carbocycles.